The molecule has 0 fully saturated rings. The molecule has 1 atom stereocenters. The number of H-pyrrole nitrogens is 1. The Hall–Kier alpha value is -4.27. The van der Waals surface area contributed by atoms with Gasteiger partial charge >= 0.3 is 6.09 Å². The van der Waals surface area contributed by atoms with E-state index in [1.165, 1.54) is 12.4 Å². The van der Waals surface area contributed by atoms with Crippen LogP contribution < -0.4 is 4.74 Å². The molecule has 8 nitrogen and oxygen atoms in total. The molecule has 0 bridgehead atoms. The maximum absolute atomic E-state index is 15.2. The highest BCUT2D eigenvalue weighted by molar-refractivity contribution is 5.87. The van der Waals surface area contributed by atoms with Crippen molar-refractivity contribution < 1.29 is 18.7 Å². The molecule has 38 heavy (non-hydrogen) atoms. The molecule has 1 amide bonds. The molecule has 1 N–H and O–H groups in total. The molecular formula is C29H30FN5O3. The zero-order valence-electron chi connectivity index (χ0n) is 21.9. The van der Waals surface area contributed by atoms with Crippen LogP contribution >= 0.6 is 0 Å². The number of carbonyl (C=O) groups excluding carboxylic acids is 1. The van der Waals surface area contributed by atoms with Crippen LogP contribution in [0.1, 0.15) is 51.5 Å². The first kappa shape index (κ1) is 25.4. The lowest BCUT2D eigenvalue weighted by molar-refractivity contribution is 0.0270. The molecule has 0 saturated carbocycles. The van der Waals surface area contributed by atoms with E-state index in [-0.39, 0.29) is 12.2 Å². The predicted octanol–water partition coefficient (Wildman–Crippen LogP) is 6.32. The Morgan fingerprint density at radius 3 is 2.61 bits per heavy atom. The zero-order valence-corrected chi connectivity index (χ0v) is 21.9. The van der Waals surface area contributed by atoms with Gasteiger partial charge in [0.15, 0.2) is 5.65 Å². The number of fused-ring (bicyclic) bond motifs is 1. The predicted molar refractivity (Wildman–Crippen MR) is 143 cm³/mol. The number of aromatic nitrogens is 4. The van der Waals surface area contributed by atoms with Gasteiger partial charge in [-0.25, -0.2) is 24.1 Å². The van der Waals surface area contributed by atoms with E-state index in [4.69, 9.17) is 9.47 Å². The van der Waals surface area contributed by atoms with Crippen LogP contribution in [-0.4, -0.2) is 49.6 Å². The van der Waals surface area contributed by atoms with Gasteiger partial charge in [0.05, 0.1) is 11.3 Å². The second-order valence-electron chi connectivity index (χ2n) is 10.2. The highest BCUT2D eigenvalue weighted by atomic mass is 19.1. The lowest BCUT2D eigenvalue weighted by Crippen LogP contribution is -2.39. The van der Waals surface area contributed by atoms with E-state index >= 15 is 4.39 Å². The molecule has 0 unspecified atom stereocenters. The third kappa shape index (κ3) is 5.51. The Kier molecular flexibility index (Phi) is 6.84. The van der Waals surface area contributed by atoms with Gasteiger partial charge in [-0.3, -0.25) is 0 Å². The number of amides is 1. The number of hydrogen-bond acceptors (Lipinski definition) is 6. The highest BCUT2D eigenvalue weighted by Gasteiger charge is 2.25. The van der Waals surface area contributed by atoms with E-state index in [9.17, 15) is 4.79 Å². The summed E-state index contributed by atoms with van der Waals surface area (Å²) >= 11 is 0. The van der Waals surface area contributed by atoms with Crippen molar-refractivity contribution in [2.75, 3.05) is 13.1 Å². The second-order valence-corrected chi connectivity index (χ2v) is 10.2. The van der Waals surface area contributed by atoms with Crippen molar-refractivity contribution in [3.05, 3.63) is 78.0 Å². The molecule has 3 heterocycles. The number of hydrogen-bond donors (Lipinski definition) is 1. The first-order chi connectivity index (χ1) is 18.2. The van der Waals surface area contributed by atoms with Crippen LogP contribution in [0, 0.1) is 5.82 Å². The smallest absolute Gasteiger partial charge is 0.410 e. The summed E-state index contributed by atoms with van der Waals surface area (Å²) in [6.07, 6.45) is 3.43. The molecule has 2 aromatic carbocycles. The van der Waals surface area contributed by atoms with E-state index in [1.54, 1.807) is 17.0 Å². The molecule has 0 spiro atoms. The van der Waals surface area contributed by atoms with Gasteiger partial charge in [0.25, 0.3) is 0 Å². The van der Waals surface area contributed by atoms with Gasteiger partial charge in [-0.05, 0) is 57.4 Å². The third-order valence-corrected chi connectivity index (χ3v) is 6.23. The lowest BCUT2D eigenvalue weighted by atomic mass is 10.0. The monoisotopic (exact) mass is 515 g/mol. The molecule has 1 aliphatic heterocycles. The number of carbonyl (C=O) groups is 1. The number of nitrogens with zero attached hydrogens (tertiary/aromatic N) is 4. The molecule has 1 aliphatic rings. The maximum Gasteiger partial charge on any atom is 0.410 e. The van der Waals surface area contributed by atoms with Gasteiger partial charge in [0.2, 0.25) is 0 Å². The van der Waals surface area contributed by atoms with Crippen molar-refractivity contribution in [1.82, 2.24) is 24.8 Å². The maximum atomic E-state index is 15.2. The Bertz CT molecular complexity index is 1490. The van der Waals surface area contributed by atoms with Crippen LogP contribution in [0.25, 0.3) is 28.1 Å². The van der Waals surface area contributed by atoms with Crippen LogP contribution in [0.4, 0.5) is 9.18 Å². The van der Waals surface area contributed by atoms with Crippen molar-refractivity contribution in [3.8, 4) is 17.1 Å². The van der Waals surface area contributed by atoms with Crippen molar-refractivity contribution >= 4 is 22.8 Å². The first-order valence-corrected chi connectivity index (χ1v) is 12.6. The molecule has 2 aromatic heterocycles. The van der Waals surface area contributed by atoms with Crippen molar-refractivity contribution in [2.45, 2.75) is 45.8 Å². The first-order valence-electron chi connectivity index (χ1n) is 12.6. The van der Waals surface area contributed by atoms with Crippen molar-refractivity contribution in [3.63, 3.8) is 0 Å². The Labute approximate surface area is 220 Å². The summed E-state index contributed by atoms with van der Waals surface area (Å²) in [7, 11) is 0. The Balaban J connectivity index is 1.36. The number of aromatic amines is 1. The summed E-state index contributed by atoms with van der Waals surface area (Å²) in [5.74, 6) is 0.330. The summed E-state index contributed by atoms with van der Waals surface area (Å²) in [6, 6.07) is 14.5. The lowest BCUT2D eigenvalue weighted by Gasteiger charge is -2.29. The molecule has 9 heteroatoms. The average molecular weight is 516 g/mol. The number of halogens is 1. The molecule has 4 aromatic rings. The number of nitrogens with one attached hydrogen (secondary N) is 1. The second kappa shape index (κ2) is 10.2. The van der Waals surface area contributed by atoms with E-state index in [0.717, 1.165) is 11.1 Å². The summed E-state index contributed by atoms with van der Waals surface area (Å²) in [5, 5.41) is 0. The Morgan fingerprint density at radius 2 is 1.92 bits per heavy atom. The van der Waals surface area contributed by atoms with Crippen LogP contribution in [-0.2, 0) is 4.74 Å². The summed E-state index contributed by atoms with van der Waals surface area (Å²) < 4.78 is 26.6. The van der Waals surface area contributed by atoms with Gasteiger partial charge in [0, 0.05) is 19.2 Å². The van der Waals surface area contributed by atoms with Crippen molar-refractivity contribution in [1.29, 1.82) is 0 Å². The van der Waals surface area contributed by atoms with E-state index < -0.39 is 11.4 Å². The van der Waals surface area contributed by atoms with E-state index in [1.807, 2.05) is 64.1 Å². The van der Waals surface area contributed by atoms with Crippen LogP contribution in [0.5, 0.6) is 5.75 Å². The molecule has 0 aliphatic carbocycles. The molecule has 5 rings (SSSR count). The summed E-state index contributed by atoms with van der Waals surface area (Å²) in [6.45, 7) is 8.38. The van der Waals surface area contributed by atoms with Crippen LogP contribution in [0.3, 0.4) is 0 Å². The van der Waals surface area contributed by atoms with Crippen LogP contribution in [0.15, 0.2) is 60.9 Å². The topological polar surface area (TPSA) is 93.2 Å². The minimum atomic E-state index is -0.550. The number of benzene rings is 2. The average Bonchev–Trinajstić information content (AvgIpc) is 3.32. The molecule has 0 saturated heterocycles. The summed E-state index contributed by atoms with van der Waals surface area (Å²) in [4.78, 5) is 30.5. The highest BCUT2D eigenvalue weighted by Crippen LogP contribution is 2.31. The van der Waals surface area contributed by atoms with Gasteiger partial charge in [-0.15, -0.1) is 0 Å². The quantitative estimate of drug-likeness (QED) is 0.334. The van der Waals surface area contributed by atoms with E-state index in [2.05, 4.69) is 19.9 Å². The van der Waals surface area contributed by atoms with Gasteiger partial charge < -0.3 is 19.4 Å². The minimum Gasteiger partial charge on any atom is -0.486 e. The molecule has 0 radical (unpaired) electrons. The minimum absolute atomic E-state index is 0.222. The molecular weight excluding hydrogens is 485 g/mol. The van der Waals surface area contributed by atoms with Crippen molar-refractivity contribution in [2.24, 2.45) is 0 Å². The largest absolute Gasteiger partial charge is 0.486 e. The fourth-order valence-corrected chi connectivity index (χ4v) is 4.33. The number of imidazole rings is 1. The third-order valence-electron chi connectivity index (χ3n) is 6.23. The summed E-state index contributed by atoms with van der Waals surface area (Å²) in [5.41, 5.74) is 3.48. The fourth-order valence-electron chi connectivity index (χ4n) is 4.33. The number of ether oxygens (including phenoxy) is 2. The van der Waals surface area contributed by atoms with Gasteiger partial charge in [-0.1, -0.05) is 36.4 Å². The normalized spacial score (nSPS) is 14.8. The van der Waals surface area contributed by atoms with E-state index in [0.29, 0.717) is 53.5 Å². The Morgan fingerprint density at radius 1 is 1.13 bits per heavy atom. The van der Waals surface area contributed by atoms with Crippen LogP contribution in [0.2, 0.25) is 0 Å². The SMILES string of the molecule is C[C@H](Oc1ccc(-c2nc3ncnc(C4=CCN(C(=O)OC(C)(C)C)CC4)c3[nH]2)c(F)c1)c1ccccc1. The van der Waals surface area contributed by atoms with Gasteiger partial charge in [-0.2, -0.15) is 0 Å². The standard InChI is InChI=1S/C29H30FN5O3/c1-18(19-8-6-5-7-9-19)37-21-10-11-22(23(30)16-21)26-33-25-24(31-17-32-27(25)34-26)20-12-14-35(15-13-20)28(36)38-29(2,3)4/h5-12,16-18H,13-15H2,1-4H3,(H,31,32,33,34)/t18-/m0/s1. The zero-order chi connectivity index (χ0) is 26.9. The fraction of sp³-hybridized carbons (Fsp3) is 0.310. The molecule has 196 valence electrons. The number of rotatable bonds is 5. The van der Waals surface area contributed by atoms with Gasteiger partial charge in [0.1, 0.15) is 40.9 Å².